The SMILES string of the molecule is CN[C@@H](C)C(=O)N[C@H](C(=O)N1Cc2cc(OC)ccc2C[C@H]1C(N)=O)C(C)(C)C. The van der Waals surface area contributed by atoms with Crippen LogP contribution in [0.4, 0.5) is 0 Å². The zero-order chi connectivity index (χ0) is 21.9. The van der Waals surface area contributed by atoms with E-state index >= 15 is 0 Å². The van der Waals surface area contributed by atoms with E-state index in [2.05, 4.69) is 10.6 Å². The minimum atomic E-state index is -0.806. The van der Waals surface area contributed by atoms with E-state index in [9.17, 15) is 14.4 Å². The molecule has 0 spiro atoms. The molecule has 2 rings (SSSR count). The number of hydrogen-bond acceptors (Lipinski definition) is 5. The summed E-state index contributed by atoms with van der Waals surface area (Å²) in [5.41, 5.74) is 6.93. The van der Waals surface area contributed by atoms with E-state index < -0.39 is 29.4 Å². The predicted octanol–water partition coefficient (Wildman–Crippen LogP) is 0.573. The van der Waals surface area contributed by atoms with Crippen molar-refractivity contribution in [3.8, 4) is 5.75 Å². The number of likely N-dealkylation sites (N-methyl/N-ethyl adjacent to an activating group) is 1. The third kappa shape index (κ3) is 5.06. The van der Waals surface area contributed by atoms with Crippen LogP contribution in [0.1, 0.15) is 38.8 Å². The van der Waals surface area contributed by atoms with Crippen molar-refractivity contribution in [2.45, 2.75) is 58.8 Å². The van der Waals surface area contributed by atoms with E-state index in [0.29, 0.717) is 12.2 Å². The second-order valence-electron chi connectivity index (χ2n) is 8.54. The van der Waals surface area contributed by atoms with Crippen molar-refractivity contribution in [1.29, 1.82) is 0 Å². The monoisotopic (exact) mass is 404 g/mol. The highest BCUT2D eigenvalue weighted by atomic mass is 16.5. The van der Waals surface area contributed by atoms with Crippen molar-refractivity contribution >= 4 is 17.7 Å². The Morgan fingerprint density at radius 2 is 1.90 bits per heavy atom. The summed E-state index contributed by atoms with van der Waals surface area (Å²) in [4.78, 5) is 39.6. The summed E-state index contributed by atoms with van der Waals surface area (Å²) < 4.78 is 5.28. The number of primary amides is 1. The Morgan fingerprint density at radius 1 is 1.24 bits per heavy atom. The van der Waals surface area contributed by atoms with Gasteiger partial charge in [-0.05, 0) is 42.6 Å². The number of nitrogens with two attached hydrogens (primary N) is 1. The molecule has 3 atom stereocenters. The first-order chi connectivity index (χ1) is 13.5. The number of carbonyl (C=O) groups is 3. The van der Waals surface area contributed by atoms with Crippen LogP contribution in [0.15, 0.2) is 18.2 Å². The summed E-state index contributed by atoms with van der Waals surface area (Å²) in [6.45, 7) is 7.57. The van der Waals surface area contributed by atoms with Crippen LogP contribution in [0.25, 0.3) is 0 Å². The summed E-state index contributed by atoms with van der Waals surface area (Å²) in [6.07, 6.45) is 0.331. The number of carbonyl (C=O) groups excluding carboxylic acids is 3. The minimum absolute atomic E-state index is 0.225. The molecule has 0 aliphatic carbocycles. The summed E-state index contributed by atoms with van der Waals surface area (Å²) >= 11 is 0. The molecule has 1 heterocycles. The second kappa shape index (κ2) is 8.82. The standard InChI is InChI=1S/C21H32N4O4/c1-12(23-5)19(27)24-17(21(2,3)4)20(28)25-11-14-9-15(29-6)8-7-13(14)10-16(25)18(22)26/h7-9,12,16-17,23H,10-11H2,1-6H3,(H2,22,26)(H,24,27)/t12-,16-,17+/m0/s1. The van der Waals surface area contributed by atoms with Crippen molar-refractivity contribution in [1.82, 2.24) is 15.5 Å². The molecule has 29 heavy (non-hydrogen) atoms. The fraction of sp³-hybridized carbons (Fsp3) is 0.571. The molecule has 1 aliphatic rings. The molecule has 0 aromatic heterocycles. The van der Waals surface area contributed by atoms with Gasteiger partial charge in [0.1, 0.15) is 17.8 Å². The lowest BCUT2D eigenvalue weighted by atomic mass is 9.84. The van der Waals surface area contributed by atoms with E-state index in [1.165, 1.54) is 4.90 Å². The van der Waals surface area contributed by atoms with Crippen LogP contribution in [0.2, 0.25) is 0 Å². The first-order valence-electron chi connectivity index (χ1n) is 9.72. The van der Waals surface area contributed by atoms with Crippen molar-refractivity contribution in [2.75, 3.05) is 14.2 Å². The number of nitrogens with zero attached hydrogens (tertiary/aromatic N) is 1. The molecule has 1 aromatic carbocycles. The molecule has 0 unspecified atom stereocenters. The molecule has 0 saturated carbocycles. The Hall–Kier alpha value is -2.61. The van der Waals surface area contributed by atoms with Gasteiger partial charge in [-0.2, -0.15) is 0 Å². The molecule has 0 saturated heterocycles. The van der Waals surface area contributed by atoms with Crippen LogP contribution in [0.5, 0.6) is 5.75 Å². The number of methoxy groups -OCH3 is 1. The molecule has 8 heteroatoms. The molecular formula is C21H32N4O4. The van der Waals surface area contributed by atoms with Gasteiger partial charge in [-0.1, -0.05) is 26.8 Å². The molecule has 3 amide bonds. The third-order valence-corrected chi connectivity index (χ3v) is 5.38. The topological polar surface area (TPSA) is 114 Å². The number of nitrogens with one attached hydrogen (secondary N) is 2. The maximum Gasteiger partial charge on any atom is 0.246 e. The molecule has 160 valence electrons. The van der Waals surface area contributed by atoms with Gasteiger partial charge in [0.05, 0.1) is 13.2 Å². The van der Waals surface area contributed by atoms with Gasteiger partial charge in [0.2, 0.25) is 17.7 Å². The van der Waals surface area contributed by atoms with Gasteiger partial charge in [-0.25, -0.2) is 0 Å². The van der Waals surface area contributed by atoms with E-state index in [1.54, 1.807) is 21.1 Å². The number of hydrogen-bond donors (Lipinski definition) is 3. The Bertz CT molecular complexity index is 787. The molecule has 4 N–H and O–H groups in total. The zero-order valence-electron chi connectivity index (χ0n) is 18.0. The van der Waals surface area contributed by atoms with E-state index in [1.807, 2.05) is 39.0 Å². The Balaban J connectivity index is 2.39. The van der Waals surface area contributed by atoms with Gasteiger partial charge in [-0.3, -0.25) is 14.4 Å². The lowest BCUT2D eigenvalue weighted by Gasteiger charge is -2.40. The Labute approximate surface area is 172 Å². The largest absolute Gasteiger partial charge is 0.497 e. The van der Waals surface area contributed by atoms with Crippen LogP contribution in [0, 0.1) is 5.41 Å². The van der Waals surface area contributed by atoms with Crippen molar-refractivity contribution in [2.24, 2.45) is 11.1 Å². The summed E-state index contributed by atoms with van der Waals surface area (Å²) in [7, 11) is 3.25. The second-order valence-corrected chi connectivity index (χ2v) is 8.54. The number of fused-ring (bicyclic) bond motifs is 1. The summed E-state index contributed by atoms with van der Waals surface area (Å²) in [5, 5.41) is 5.71. The van der Waals surface area contributed by atoms with Crippen LogP contribution in [-0.4, -0.2) is 54.9 Å². The fourth-order valence-electron chi connectivity index (χ4n) is 3.39. The van der Waals surface area contributed by atoms with Gasteiger partial charge >= 0.3 is 0 Å². The number of rotatable bonds is 6. The van der Waals surface area contributed by atoms with Gasteiger partial charge in [0.25, 0.3) is 0 Å². The average molecular weight is 405 g/mol. The quantitative estimate of drug-likeness (QED) is 0.642. The highest BCUT2D eigenvalue weighted by Gasteiger charge is 2.41. The predicted molar refractivity (Wildman–Crippen MR) is 110 cm³/mol. The molecule has 0 radical (unpaired) electrons. The van der Waals surface area contributed by atoms with Crippen LogP contribution in [0.3, 0.4) is 0 Å². The number of ether oxygens (including phenoxy) is 1. The van der Waals surface area contributed by atoms with Gasteiger partial charge in [-0.15, -0.1) is 0 Å². The molecule has 1 aromatic rings. The summed E-state index contributed by atoms with van der Waals surface area (Å²) in [6, 6.07) is 3.55. The Morgan fingerprint density at radius 3 is 2.41 bits per heavy atom. The first kappa shape index (κ1) is 22.7. The third-order valence-electron chi connectivity index (χ3n) is 5.38. The van der Waals surface area contributed by atoms with Crippen molar-refractivity contribution in [3.63, 3.8) is 0 Å². The molecular weight excluding hydrogens is 372 g/mol. The molecule has 1 aliphatic heterocycles. The minimum Gasteiger partial charge on any atom is -0.497 e. The average Bonchev–Trinajstić information content (AvgIpc) is 2.68. The highest BCUT2D eigenvalue weighted by molar-refractivity contribution is 5.93. The van der Waals surface area contributed by atoms with Gasteiger partial charge in [0, 0.05) is 13.0 Å². The van der Waals surface area contributed by atoms with E-state index in [4.69, 9.17) is 10.5 Å². The normalized spacial score (nSPS) is 18.4. The lowest BCUT2D eigenvalue weighted by molar-refractivity contribution is -0.146. The highest BCUT2D eigenvalue weighted by Crippen LogP contribution is 2.30. The maximum atomic E-state index is 13.5. The molecule has 8 nitrogen and oxygen atoms in total. The van der Waals surface area contributed by atoms with E-state index in [-0.39, 0.29) is 18.4 Å². The molecule has 0 bridgehead atoms. The van der Waals surface area contributed by atoms with E-state index in [0.717, 1.165) is 11.1 Å². The first-order valence-corrected chi connectivity index (χ1v) is 9.72. The van der Waals surface area contributed by atoms with Crippen LogP contribution in [-0.2, 0) is 27.3 Å². The lowest BCUT2D eigenvalue weighted by Crippen LogP contribution is -2.61. The van der Waals surface area contributed by atoms with Crippen molar-refractivity contribution in [3.05, 3.63) is 29.3 Å². The van der Waals surface area contributed by atoms with Gasteiger partial charge < -0.3 is 26.0 Å². The zero-order valence-corrected chi connectivity index (χ0v) is 18.0. The summed E-state index contributed by atoms with van der Waals surface area (Å²) in [5.74, 6) is -0.499. The number of amides is 3. The fourth-order valence-corrected chi connectivity index (χ4v) is 3.39. The van der Waals surface area contributed by atoms with Crippen LogP contribution < -0.4 is 21.1 Å². The smallest absolute Gasteiger partial charge is 0.246 e. The van der Waals surface area contributed by atoms with Gasteiger partial charge in [0.15, 0.2) is 0 Å². The number of benzene rings is 1. The molecule has 0 fully saturated rings. The van der Waals surface area contributed by atoms with Crippen LogP contribution >= 0.6 is 0 Å². The maximum absolute atomic E-state index is 13.5. The van der Waals surface area contributed by atoms with Crippen molar-refractivity contribution < 1.29 is 19.1 Å². The Kier molecular flexibility index (Phi) is 6.89.